The topological polar surface area (TPSA) is 14.2 Å². The van der Waals surface area contributed by atoms with Crippen molar-refractivity contribution < 1.29 is 51.9 Å². The maximum absolute atomic E-state index is 13.6. The molecular formula is C44H34Br2F2N4. The zero-order valence-corrected chi connectivity index (χ0v) is 31.6. The van der Waals surface area contributed by atoms with Crippen molar-refractivity contribution in [1.82, 2.24) is 0 Å². The van der Waals surface area contributed by atoms with Crippen molar-refractivity contribution in [3.63, 3.8) is 0 Å². The molecule has 0 spiro atoms. The molecule has 0 bridgehead atoms. The lowest BCUT2D eigenvalue weighted by molar-refractivity contribution is -0.567. The van der Waals surface area contributed by atoms with E-state index in [0.29, 0.717) is 0 Å². The standard InChI is InChI=1S/C44H34F2N4.2BrH/c1-47(35-23-15-33(45)16-24-35)41-27-29-49(43-9-5-3-7-39(41)43)37-19-11-31(12-20-37)32-13-21-38(22-14-32)50-30-28-42(40-8-4-6-10-44(40)50)48(2)36-25-17-34(46)18-26-36;;/h3-30H,1-2H3;2*1H/q+2;;/p-2. The summed E-state index contributed by atoms with van der Waals surface area (Å²) >= 11 is 0. The second-order valence-electron chi connectivity index (χ2n) is 12.3. The Morgan fingerprint density at radius 2 is 0.750 bits per heavy atom. The lowest BCUT2D eigenvalue weighted by Gasteiger charge is -2.20. The van der Waals surface area contributed by atoms with Crippen LogP contribution < -0.4 is 52.9 Å². The van der Waals surface area contributed by atoms with Gasteiger partial charge in [-0.15, -0.1) is 0 Å². The zero-order valence-electron chi connectivity index (χ0n) is 28.5. The van der Waals surface area contributed by atoms with Gasteiger partial charge in [0, 0.05) is 74.0 Å². The summed E-state index contributed by atoms with van der Waals surface area (Å²) in [7, 11) is 4.01. The molecule has 8 heteroatoms. The fourth-order valence-electron chi connectivity index (χ4n) is 6.70. The number of para-hydroxylation sites is 2. The van der Waals surface area contributed by atoms with E-state index in [1.807, 2.05) is 26.2 Å². The summed E-state index contributed by atoms with van der Waals surface area (Å²) in [4.78, 5) is 4.17. The summed E-state index contributed by atoms with van der Waals surface area (Å²) in [6.07, 6.45) is 4.18. The fourth-order valence-corrected chi connectivity index (χ4v) is 6.70. The fraction of sp³-hybridized carbons (Fsp3) is 0.0455. The van der Waals surface area contributed by atoms with Crippen LogP contribution in [0.15, 0.2) is 170 Å². The maximum Gasteiger partial charge on any atom is 0.220 e. The second-order valence-corrected chi connectivity index (χ2v) is 12.3. The van der Waals surface area contributed by atoms with Gasteiger partial charge in [-0.3, -0.25) is 0 Å². The largest absolute Gasteiger partial charge is 1.00 e. The number of benzene rings is 6. The monoisotopic (exact) mass is 814 g/mol. The number of rotatable bonds is 7. The lowest BCUT2D eigenvalue weighted by atomic mass is 10.0. The predicted molar refractivity (Wildman–Crippen MR) is 199 cm³/mol. The van der Waals surface area contributed by atoms with Gasteiger partial charge in [0.05, 0.1) is 22.1 Å². The molecule has 6 aromatic carbocycles. The molecule has 0 saturated heterocycles. The highest BCUT2D eigenvalue weighted by molar-refractivity contribution is 5.93. The van der Waals surface area contributed by atoms with Gasteiger partial charge in [-0.05, 0) is 96.1 Å². The van der Waals surface area contributed by atoms with Gasteiger partial charge in [-0.1, -0.05) is 24.3 Å². The van der Waals surface area contributed by atoms with Crippen molar-refractivity contribution in [2.75, 3.05) is 23.9 Å². The number of nitrogens with zero attached hydrogens (tertiary/aromatic N) is 4. The van der Waals surface area contributed by atoms with Crippen molar-refractivity contribution in [1.29, 1.82) is 0 Å². The summed E-state index contributed by atoms with van der Waals surface area (Å²) in [6, 6.07) is 51.3. The van der Waals surface area contributed by atoms with Crippen LogP contribution in [0, 0.1) is 11.6 Å². The molecule has 2 heterocycles. The summed E-state index contributed by atoms with van der Waals surface area (Å²) < 4.78 is 31.6. The van der Waals surface area contributed by atoms with E-state index >= 15 is 0 Å². The van der Waals surface area contributed by atoms with Gasteiger partial charge in [0.25, 0.3) is 0 Å². The highest BCUT2D eigenvalue weighted by Gasteiger charge is 2.20. The molecule has 0 unspecified atom stereocenters. The number of fused-ring (bicyclic) bond motifs is 2. The molecular weight excluding hydrogens is 782 g/mol. The first-order chi connectivity index (χ1) is 24.4. The molecule has 0 aliphatic heterocycles. The van der Waals surface area contributed by atoms with Gasteiger partial charge >= 0.3 is 0 Å². The average Bonchev–Trinajstić information content (AvgIpc) is 3.17. The Hall–Kier alpha value is -5.44. The molecule has 0 aliphatic rings. The van der Waals surface area contributed by atoms with Gasteiger partial charge < -0.3 is 43.8 Å². The Morgan fingerprint density at radius 1 is 0.404 bits per heavy atom. The number of anilines is 4. The van der Waals surface area contributed by atoms with E-state index in [1.165, 1.54) is 24.3 Å². The van der Waals surface area contributed by atoms with Crippen molar-refractivity contribution >= 4 is 44.6 Å². The number of hydrogen-bond acceptors (Lipinski definition) is 2. The number of pyridine rings is 2. The van der Waals surface area contributed by atoms with Gasteiger partial charge in [0.1, 0.15) is 11.6 Å². The molecule has 258 valence electrons. The molecule has 0 amide bonds. The van der Waals surface area contributed by atoms with Crippen LogP contribution in [0.4, 0.5) is 31.5 Å². The molecule has 52 heavy (non-hydrogen) atoms. The Labute approximate surface area is 323 Å². The van der Waals surface area contributed by atoms with Crippen molar-refractivity contribution in [3.05, 3.63) is 182 Å². The van der Waals surface area contributed by atoms with Crippen LogP contribution in [0.2, 0.25) is 0 Å². The summed E-state index contributed by atoms with van der Waals surface area (Å²) in [5.41, 5.74) is 10.5. The molecule has 2 aromatic heterocycles. The predicted octanol–water partition coefficient (Wildman–Crippen LogP) is 4.04. The quantitative estimate of drug-likeness (QED) is 0.226. The Bertz CT molecular complexity index is 2300. The molecule has 8 aromatic rings. The first-order valence-corrected chi connectivity index (χ1v) is 16.5. The molecule has 0 fully saturated rings. The molecule has 0 aliphatic carbocycles. The van der Waals surface area contributed by atoms with Crippen molar-refractivity contribution in [2.45, 2.75) is 0 Å². The summed E-state index contributed by atoms with van der Waals surface area (Å²) in [5, 5.41) is 2.20. The van der Waals surface area contributed by atoms with Crippen molar-refractivity contribution in [2.24, 2.45) is 0 Å². The average molecular weight is 817 g/mol. The number of aromatic nitrogens is 2. The number of halogens is 4. The van der Waals surface area contributed by atoms with Crippen LogP contribution in [0.1, 0.15) is 0 Å². The molecule has 0 N–H and O–H groups in total. The van der Waals surface area contributed by atoms with Crippen LogP contribution in [-0.4, -0.2) is 14.1 Å². The Balaban J connectivity index is 0.00000232. The number of hydrogen-bond donors (Lipinski definition) is 0. The first kappa shape index (κ1) is 36.4. The van der Waals surface area contributed by atoms with Crippen molar-refractivity contribution in [3.8, 4) is 22.5 Å². The molecule has 0 radical (unpaired) electrons. The van der Waals surface area contributed by atoms with E-state index < -0.39 is 0 Å². The Morgan fingerprint density at radius 3 is 1.12 bits per heavy atom. The van der Waals surface area contributed by atoms with Gasteiger partial charge in [0.15, 0.2) is 12.4 Å². The third-order valence-corrected chi connectivity index (χ3v) is 9.42. The van der Waals surface area contributed by atoms with E-state index in [4.69, 9.17) is 0 Å². The van der Waals surface area contributed by atoms with Crippen LogP contribution >= 0.6 is 0 Å². The van der Waals surface area contributed by atoms with Crippen LogP contribution in [0.3, 0.4) is 0 Å². The van der Waals surface area contributed by atoms with Crippen LogP contribution in [0.5, 0.6) is 0 Å². The Kier molecular flexibility index (Phi) is 10.8. The van der Waals surface area contributed by atoms with E-state index in [2.05, 4.69) is 128 Å². The van der Waals surface area contributed by atoms with Crippen LogP contribution in [0.25, 0.3) is 44.3 Å². The first-order valence-electron chi connectivity index (χ1n) is 16.5. The third-order valence-electron chi connectivity index (χ3n) is 9.42. The summed E-state index contributed by atoms with van der Waals surface area (Å²) in [5.74, 6) is -0.493. The van der Waals surface area contributed by atoms with E-state index in [9.17, 15) is 8.78 Å². The smallest absolute Gasteiger partial charge is 0.220 e. The molecule has 0 atom stereocenters. The maximum atomic E-state index is 13.6. The minimum Gasteiger partial charge on any atom is -1.00 e. The lowest BCUT2D eigenvalue weighted by Crippen LogP contribution is -3.00. The molecule has 4 nitrogen and oxygen atoms in total. The highest BCUT2D eigenvalue weighted by atomic mass is 79.9. The second kappa shape index (κ2) is 15.4. The SMILES string of the molecule is CN(c1ccc(F)cc1)c1cc[n+](-c2ccc(-c3ccc(-[n+]4ccc(N(C)c5ccc(F)cc5)c5ccccc54)cc3)cc2)c2ccccc12.[Br-].[Br-]. The normalized spacial score (nSPS) is 10.8. The molecule has 8 rings (SSSR count). The van der Waals surface area contributed by atoms with Gasteiger partial charge in [-0.2, -0.15) is 9.13 Å². The van der Waals surface area contributed by atoms with Crippen LogP contribution in [-0.2, 0) is 0 Å². The van der Waals surface area contributed by atoms with Gasteiger partial charge in [0.2, 0.25) is 22.4 Å². The summed E-state index contributed by atoms with van der Waals surface area (Å²) in [6.45, 7) is 0. The molecule has 0 saturated carbocycles. The minimum atomic E-state index is -0.247. The highest BCUT2D eigenvalue weighted by Crippen LogP contribution is 2.32. The minimum absolute atomic E-state index is 0. The zero-order chi connectivity index (χ0) is 34.2. The van der Waals surface area contributed by atoms with E-state index in [0.717, 1.165) is 67.1 Å². The van der Waals surface area contributed by atoms with E-state index in [1.54, 1.807) is 24.3 Å². The van der Waals surface area contributed by atoms with Gasteiger partial charge in [-0.25, -0.2) is 8.78 Å². The third kappa shape index (κ3) is 6.92. The van der Waals surface area contributed by atoms with E-state index in [-0.39, 0.29) is 45.6 Å².